The average Bonchev–Trinajstić information content (AvgIpc) is 2.82. The zero-order valence-corrected chi connectivity index (χ0v) is 13.1. The van der Waals surface area contributed by atoms with Crippen LogP contribution in [0, 0.1) is 5.92 Å². The molecule has 3 atom stereocenters. The molecule has 1 aliphatic rings. The van der Waals surface area contributed by atoms with Crippen LogP contribution in [0.1, 0.15) is 45.7 Å². The second kappa shape index (κ2) is 7.09. The second-order valence-corrected chi connectivity index (χ2v) is 5.99. The van der Waals surface area contributed by atoms with Crippen molar-refractivity contribution in [1.29, 1.82) is 0 Å². The van der Waals surface area contributed by atoms with E-state index in [4.69, 9.17) is 9.47 Å². The van der Waals surface area contributed by atoms with Crippen molar-refractivity contribution < 1.29 is 9.47 Å². The fourth-order valence-corrected chi connectivity index (χ4v) is 2.60. The highest BCUT2D eigenvalue weighted by molar-refractivity contribution is 5.29. The zero-order valence-electron chi connectivity index (χ0n) is 13.1. The van der Waals surface area contributed by atoms with Crippen molar-refractivity contribution in [2.45, 2.75) is 52.4 Å². The predicted molar refractivity (Wildman–Crippen MR) is 82.1 cm³/mol. The molecule has 0 amide bonds. The largest absolute Gasteiger partial charge is 0.491 e. The van der Waals surface area contributed by atoms with Gasteiger partial charge in [0.25, 0.3) is 0 Å². The Morgan fingerprint density at radius 2 is 1.95 bits per heavy atom. The first kappa shape index (κ1) is 15.3. The Balaban J connectivity index is 1.84. The Hall–Kier alpha value is -1.06. The van der Waals surface area contributed by atoms with Crippen LogP contribution in [0.25, 0.3) is 0 Å². The van der Waals surface area contributed by atoms with Crippen molar-refractivity contribution >= 4 is 0 Å². The molecule has 3 heteroatoms. The molecule has 1 heterocycles. The molecule has 20 heavy (non-hydrogen) atoms. The van der Waals surface area contributed by atoms with Crippen molar-refractivity contribution in [2.75, 3.05) is 13.2 Å². The summed E-state index contributed by atoms with van der Waals surface area (Å²) >= 11 is 0. The number of benzene rings is 1. The monoisotopic (exact) mass is 277 g/mol. The molecule has 1 aromatic rings. The van der Waals surface area contributed by atoms with Gasteiger partial charge in [-0.15, -0.1) is 0 Å². The Morgan fingerprint density at radius 3 is 2.50 bits per heavy atom. The van der Waals surface area contributed by atoms with Crippen LogP contribution in [0.4, 0.5) is 0 Å². The van der Waals surface area contributed by atoms with Crippen molar-refractivity contribution in [3.05, 3.63) is 29.8 Å². The maximum absolute atomic E-state index is 5.67. The topological polar surface area (TPSA) is 30.5 Å². The molecule has 0 bridgehead atoms. The molecule has 0 saturated carbocycles. The first-order valence-corrected chi connectivity index (χ1v) is 7.68. The Kier molecular flexibility index (Phi) is 5.44. The van der Waals surface area contributed by atoms with Gasteiger partial charge in [0.15, 0.2) is 0 Å². The standard InChI is InChI=1S/C17H27NO2/c1-12(2)20-17-7-5-15(6-8-17)13(3)18-11-16-9-10-19-14(16)4/h5-8,12-14,16,18H,9-11H2,1-4H3. The first-order chi connectivity index (χ1) is 9.56. The van der Waals surface area contributed by atoms with Crippen molar-refractivity contribution in [3.8, 4) is 5.75 Å². The quantitative estimate of drug-likeness (QED) is 0.862. The van der Waals surface area contributed by atoms with E-state index >= 15 is 0 Å². The first-order valence-electron chi connectivity index (χ1n) is 7.68. The summed E-state index contributed by atoms with van der Waals surface area (Å²) in [4.78, 5) is 0. The maximum Gasteiger partial charge on any atom is 0.119 e. The number of nitrogens with one attached hydrogen (secondary N) is 1. The van der Waals surface area contributed by atoms with Gasteiger partial charge < -0.3 is 14.8 Å². The van der Waals surface area contributed by atoms with E-state index in [2.05, 4.69) is 43.4 Å². The van der Waals surface area contributed by atoms with Gasteiger partial charge in [-0.1, -0.05) is 12.1 Å². The van der Waals surface area contributed by atoms with Crippen LogP contribution in [0.2, 0.25) is 0 Å². The van der Waals surface area contributed by atoms with E-state index in [1.165, 1.54) is 12.0 Å². The summed E-state index contributed by atoms with van der Waals surface area (Å²) in [7, 11) is 0. The number of ether oxygens (including phenoxy) is 2. The third-order valence-corrected chi connectivity index (χ3v) is 3.97. The zero-order chi connectivity index (χ0) is 14.5. The van der Waals surface area contributed by atoms with Gasteiger partial charge in [-0.2, -0.15) is 0 Å². The van der Waals surface area contributed by atoms with E-state index in [0.29, 0.717) is 18.1 Å². The average molecular weight is 277 g/mol. The molecular weight excluding hydrogens is 250 g/mol. The van der Waals surface area contributed by atoms with Gasteiger partial charge in [0.2, 0.25) is 0 Å². The lowest BCUT2D eigenvalue weighted by Crippen LogP contribution is -2.29. The Bertz CT molecular complexity index is 402. The molecule has 2 rings (SSSR count). The summed E-state index contributed by atoms with van der Waals surface area (Å²) in [5, 5.41) is 3.61. The SMILES string of the molecule is CC(C)Oc1ccc(C(C)NCC2CCOC2C)cc1. The van der Waals surface area contributed by atoms with E-state index in [1.807, 2.05) is 13.8 Å². The molecule has 0 radical (unpaired) electrons. The third kappa shape index (κ3) is 4.22. The second-order valence-electron chi connectivity index (χ2n) is 5.99. The Labute approximate surface area is 122 Å². The van der Waals surface area contributed by atoms with Gasteiger partial charge in [-0.05, 0) is 57.7 Å². The van der Waals surface area contributed by atoms with Crippen LogP contribution in [0.5, 0.6) is 5.75 Å². The maximum atomic E-state index is 5.67. The molecule has 3 unspecified atom stereocenters. The Morgan fingerprint density at radius 1 is 1.25 bits per heavy atom. The van der Waals surface area contributed by atoms with Gasteiger partial charge in [0.1, 0.15) is 5.75 Å². The third-order valence-electron chi connectivity index (χ3n) is 3.97. The molecule has 1 aliphatic heterocycles. The van der Waals surface area contributed by atoms with E-state index in [-0.39, 0.29) is 6.10 Å². The fourth-order valence-electron chi connectivity index (χ4n) is 2.60. The molecule has 1 N–H and O–H groups in total. The number of rotatable bonds is 6. The van der Waals surface area contributed by atoms with Gasteiger partial charge in [-0.25, -0.2) is 0 Å². The van der Waals surface area contributed by atoms with Crippen LogP contribution in [0.3, 0.4) is 0 Å². The minimum Gasteiger partial charge on any atom is -0.491 e. The normalized spacial score (nSPS) is 24.1. The lowest BCUT2D eigenvalue weighted by atomic mass is 10.0. The van der Waals surface area contributed by atoms with Gasteiger partial charge in [0.05, 0.1) is 12.2 Å². The van der Waals surface area contributed by atoms with Gasteiger partial charge in [-0.3, -0.25) is 0 Å². The highest BCUT2D eigenvalue weighted by atomic mass is 16.5. The van der Waals surface area contributed by atoms with Crippen LogP contribution in [-0.2, 0) is 4.74 Å². The summed E-state index contributed by atoms with van der Waals surface area (Å²) in [5.74, 6) is 1.58. The molecule has 3 nitrogen and oxygen atoms in total. The van der Waals surface area contributed by atoms with E-state index in [0.717, 1.165) is 18.9 Å². The smallest absolute Gasteiger partial charge is 0.119 e. The summed E-state index contributed by atoms with van der Waals surface area (Å²) < 4.78 is 11.3. The van der Waals surface area contributed by atoms with E-state index < -0.39 is 0 Å². The van der Waals surface area contributed by atoms with Gasteiger partial charge >= 0.3 is 0 Å². The summed E-state index contributed by atoms with van der Waals surface area (Å²) in [6.45, 7) is 10.4. The van der Waals surface area contributed by atoms with E-state index in [1.54, 1.807) is 0 Å². The van der Waals surface area contributed by atoms with Crippen LogP contribution >= 0.6 is 0 Å². The fraction of sp³-hybridized carbons (Fsp3) is 0.647. The molecular formula is C17H27NO2. The van der Waals surface area contributed by atoms with Crippen LogP contribution in [-0.4, -0.2) is 25.4 Å². The van der Waals surface area contributed by atoms with Crippen LogP contribution in [0.15, 0.2) is 24.3 Å². The van der Waals surface area contributed by atoms with E-state index in [9.17, 15) is 0 Å². The van der Waals surface area contributed by atoms with Crippen molar-refractivity contribution in [3.63, 3.8) is 0 Å². The highest BCUT2D eigenvalue weighted by Gasteiger charge is 2.24. The lowest BCUT2D eigenvalue weighted by Gasteiger charge is -2.20. The molecule has 1 fully saturated rings. The summed E-state index contributed by atoms with van der Waals surface area (Å²) in [5.41, 5.74) is 1.30. The molecule has 1 saturated heterocycles. The van der Waals surface area contributed by atoms with Crippen molar-refractivity contribution in [2.24, 2.45) is 5.92 Å². The predicted octanol–water partition coefficient (Wildman–Crippen LogP) is 3.55. The number of hydrogen-bond acceptors (Lipinski definition) is 3. The highest BCUT2D eigenvalue weighted by Crippen LogP contribution is 2.22. The lowest BCUT2D eigenvalue weighted by molar-refractivity contribution is 0.105. The molecule has 0 aliphatic carbocycles. The van der Waals surface area contributed by atoms with Crippen molar-refractivity contribution in [1.82, 2.24) is 5.32 Å². The minimum atomic E-state index is 0.222. The molecule has 0 aromatic heterocycles. The molecule has 0 spiro atoms. The van der Waals surface area contributed by atoms with Crippen LogP contribution < -0.4 is 10.1 Å². The molecule has 1 aromatic carbocycles. The number of hydrogen-bond donors (Lipinski definition) is 1. The molecule has 112 valence electrons. The van der Waals surface area contributed by atoms with Gasteiger partial charge in [0, 0.05) is 19.2 Å². The summed E-state index contributed by atoms with van der Waals surface area (Å²) in [6, 6.07) is 8.74. The minimum absolute atomic E-state index is 0.222. The summed E-state index contributed by atoms with van der Waals surface area (Å²) in [6.07, 6.45) is 1.78.